The van der Waals surface area contributed by atoms with Gasteiger partial charge in [-0.2, -0.15) is 5.06 Å². The first-order chi connectivity index (χ1) is 16.4. The Labute approximate surface area is 199 Å². The van der Waals surface area contributed by atoms with Crippen molar-refractivity contribution in [3.8, 4) is 0 Å². The molecule has 0 radical (unpaired) electrons. The van der Waals surface area contributed by atoms with Crippen molar-refractivity contribution in [2.45, 2.75) is 57.3 Å². The van der Waals surface area contributed by atoms with Crippen molar-refractivity contribution in [2.24, 2.45) is 0 Å². The number of aliphatic carboxylic acids is 1. The van der Waals surface area contributed by atoms with E-state index in [4.69, 9.17) is 9.57 Å². The summed E-state index contributed by atoms with van der Waals surface area (Å²) >= 11 is 0. The number of nitrogens with one attached hydrogen (secondary N) is 1. The molecule has 3 rings (SSSR count). The van der Waals surface area contributed by atoms with Gasteiger partial charge in [-0.25, -0.2) is 0 Å². The fourth-order valence-corrected chi connectivity index (χ4v) is 3.86. The predicted octanol–water partition coefficient (Wildman–Crippen LogP) is 2.76. The molecule has 1 aliphatic heterocycles. The van der Waals surface area contributed by atoms with E-state index in [9.17, 15) is 19.5 Å². The highest BCUT2D eigenvalue weighted by Gasteiger charge is 2.32. The standard InChI is InChI=1S/C26H32N2O6/c1-19(24(29)18-34-28-16-8-13-23(28)25(30)31)27-22(15-14-20-9-4-2-5-10-20)26(32)33-17-21-11-6-3-7-12-21/h2-7,9-12,19,22-23,27H,8,13-18H2,1H3,(H,30,31)/t19-,22?,23?/m0/s1. The number of hydroxylamine groups is 2. The molecule has 2 aromatic rings. The Morgan fingerprint density at radius 3 is 2.35 bits per heavy atom. The van der Waals surface area contributed by atoms with E-state index >= 15 is 0 Å². The van der Waals surface area contributed by atoms with Gasteiger partial charge in [-0.3, -0.25) is 24.5 Å². The lowest BCUT2D eigenvalue weighted by atomic mass is 10.0. The first kappa shape index (κ1) is 25.6. The summed E-state index contributed by atoms with van der Waals surface area (Å²) in [5.41, 5.74) is 1.97. The molecular weight excluding hydrogens is 436 g/mol. The van der Waals surface area contributed by atoms with Gasteiger partial charge >= 0.3 is 11.9 Å². The number of aryl methyl sites for hydroxylation is 1. The summed E-state index contributed by atoms with van der Waals surface area (Å²) in [5.74, 6) is -1.65. The minimum Gasteiger partial charge on any atom is -0.480 e. The Morgan fingerprint density at radius 1 is 1.06 bits per heavy atom. The lowest BCUT2D eigenvalue weighted by Gasteiger charge is -2.24. The maximum Gasteiger partial charge on any atom is 0.323 e. The molecule has 8 heteroatoms. The summed E-state index contributed by atoms with van der Waals surface area (Å²) in [6.45, 7) is 2.03. The van der Waals surface area contributed by atoms with Crippen LogP contribution in [0.1, 0.15) is 37.3 Å². The molecular formula is C26H32N2O6. The normalized spacial score (nSPS) is 17.7. The summed E-state index contributed by atoms with van der Waals surface area (Å²) in [5, 5.41) is 13.7. The SMILES string of the molecule is C[C@H](NC(CCc1ccccc1)C(=O)OCc1ccccc1)C(=O)CON1CCCC1C(=O)O. The molecule has 2 unspecified atom stereocenters. The number of nitrogens with zero attached hydrogens (tertiary/aromatic N) is 1. The van der Waals surface area contributed by atoms with E-state index in [1.807, 2.05) is 60.7 Å². The number of rotatable bonds is 13. The molecule has 0 saturated carbocycles. The van der Waals surface area contributed by atoms with Crippen molar-refractivity contribution in [1.29, 1.82) is 0 Å². The van der Waals surface area contributed by atoms with Crippen molar-refractivity contribution in [2.75, 3.05) is 13.2 Å². The Balaban J connectivity index is 1.56. The zero-order chi connectivity index (χ0) is 24.3. The molecule has 1 heterocycles. The van der Waals surface area contributed by atoms with Crippen molar-refractivity contribution in [1.82, 2.24) is 10.4 Å². The van der Waals surface area contributed by atoms with Crippen molar-refractivity contribution >= 4 is 17.7 Å². The Kier molecular flexibility index (Phi) is 9.75. The highest BCUT2D eigenvalue weighted by atomic mass is 16.7. The number of esters is 1. The Morgan fingerprint density at radius 2 is 1.71 bits per heavy atom. The fraction of sp³-hybridized carbons (Fsp3) is 0.423. The molecule has 1 aliphatic rings. The van der Waals surface area contributed by atoms with Gasteiger partial charge in [0.1, 0.15) is 25.3 Å². The first-order valence-corrected chi connectivity index (χ1v) is 11.6. The van der Waals surface area contributed by atoms with Gasteiger partial charge in [0, 0.05) is 6.54 Å². The number of carbonyl (C=O) groups is 3. The third kappa shape index (κ3) is 7.76. The second-order valence-electron chi connectivity index (χ2n) is 8.44. The molecule has 1 saturated heterocycles. The smallest absolute Gasteiger partial charge is 0.323 e. The quantitative estimate of drug-likeness (QED) is 0.433. The van der Waals surface area contributed by atoms with Crippen LogP contribution in [0.2, 0.25) is 0 Å². The number of ether oxygens (including phenoxy) is 1. The molecule has 34 heavy (non-hydrogen) atoms. The third-order valence-corrected chi connectivity index (χ3v) is 5.87. The van der Waals surface area contributed by atoms with Crippen LogP contribution in [0, 0.1) is 0 Å². The van der Waals surface area contributed by atoms with Gasteiger partial charge in [-0.15, -0.1) is 0 Å². The Bertz CT molecular complexity index is 937. The molecule has 0 amide bonds. The van der Waals surface area contributed by atoms with Gasteiger partial charge in [0.2, 0.25) is 0 Å². The lowest BCUT2D eigenvalue weighted by Crippen LogP contribution is -2.48. The van der Waals surface area contributed by atoms with E-state index in [2.05, 4.69) is 5.32 Å². The van der Waals surface area contributed by atoms with Crippen LogP contribution in [0.4, 0.5) is 0 Å². The highest BCUT2D eigenvalue weighted by Crippen LogP contribution is 2.17. The van der Waals surface area contributed by atoms with E-state index in [1.54, 1.807) is 6.92 Å². The molecule has 0 aliphatic carbocycles. The molecule has 1 fully saturated rings. The lowest BCUT2D eigenvalue weighted by molar-refractivity contribution is -0.189. The van der Waals surface area contributed by atoms with Crippen LogP contribution in [0.25, 0.3) is 0 Å². The van der Waals surface area contributed by atoms with E-state index < -0.39 is 30.1 Å². The highest BCUT2D eigenvalue weighted by molar-refractivity contribution is 5.86. The van der Waals surface area contributed by atoms with E-state index in [0.29, 0.717) is 32.2 Å². The van der Waals surface area contributed by atoms with E-state index in [0.717, 1.165) is 11.1 Å². The van der Waals surface area contributed by atoms with E-state index in [1.165, 1.54) is 5.06 Å². The summed E-state index contributed by atoms with van der Waals surface area (Å²) in [4.78, 5) is 42.3. The van der Waals surface area contributed by atoms with Crippen LogP contribution < -0.4 is 5.32 Å². The van der Waals surface area contributed by atoms with Crippen molar-refractivity contribution < 1.29 is 29.1 Å². The van der Waals surface area contributed by atoms with Gasteiger partial charge in [-0.05, 0) is 43.7 Å². The Hall–Kier alpha value is -3.07. The van der Waals surface area contributed by atoms with Crippen molar-refractivity contribution in [3.63, 3.8) is 0 Å². The maximum absolute atomic E-state index is 12.9. The maximum atomic E-state index is 12.9. The second-order valence-corrected chi connectivity index (χ2v) is 8.44. The molecule has 0 spiro atoms. The molecule has 182 valence electrons. The number of carboxylic acid groups (broad SMARTS) is 1. The van der Waals surface area contributed by atoms with Gasteiger partial charge in [0.25, 0.3) is 0 Å². The monoisotopic (exact) mass is 468 g/mol. The molecule has 2 N–H and O–H groups in total. The van der Waals surface area contributed by atoms with Crippen LogP contribution in [-0.4, -0.2) is 59.2 Å². The topological polar surface area (TPSA) is 105 Å². The van der Waals surface area contributed by atoms with Gasteiger partial charge in [0.05, 0.1) is 6.04 Å². The van der Waals surface area contributed by atoms with Crippen LogP contribution in [-0.2, 0) is 37.0 Å². The van der Waals surface area contributed by atoms with E-state index in [-0.39, 0.29) is 19.0 Å². The van der Waals surface area contributed by atoms with Crippen LogP contribution in [0.15, 0.2) is 60.7 Å². The van der Waals surface area contributed by atoms with Gasteiger partial charge < -0.3 is 9.84 Å². The van der Waals surface area contributed by atoms with Crippen LogP contribution in [0.3, 0.4) is 0 Å². The molecule has 0 bridgehead atoms. The zero-order valence-electron chi connectivity index (χ0n) is 19.4. The number of hydrogen-bond donors (Lipinski definition) is 2. The van der Waals surface area contributed by atoms with Gasteiger partial charge in [0.15, 0.2) is 5.78 Å². The molecule has 3 atom stereocenters. The predicted molar refractivity (Wildman–Crippen MR) is 126 cm³/mol. The summed E-state index contributed by atoms with van der Waals surface area (Å²) in [6.07, 6.45) is 2.30. The number of ketones is 1. The number of Topliss-reactive ketones (excluding diaryl/α,β-unsaturated/α-hetero) is 1. The largest absolute Gasteiger partial charge is 0.480 e. The molecule has 8 nitrogen and oxygen atoms in total. The number of carboxylic acids is 1. The number of benzene rings is 2. The van der Waals surface area contributed by atoms with Gasteiger partial charge in [-0.1, -0.05) is 60.7 Å². The summed E-state index contributed by atoms with van der Waals surface area (Å²) < 4.78 is 5.52. The minimum absolute atomic E-state index is 0.153. The second kappa shape index (κ2) is 13.0. The molecule has 0 aromatic heterocycles. The zero-order valence-corrected chi connectivity index (χ0v) is 19.4. The summed E-state index contributed by atoms with van der Waals surface area (Å²) in [6, 6.07) is 17.1. The van der Waals surface area contributed by atoms with Crippen LogP contribution in [0.5, 0.6) is 0 Å². The average Bonchev–Trinajstić information content (AvgIpc) is 3.34. The number of carbonyl (C=O) groups excluding carboxylic acids is 2. The minimum atomic E-state index is -0.960. The van der Waals surface area contributed by atoms with Crippen LogP contribution >= 0.6 is 0 Å². The summed E-state index contributed by atoms with van der Waals surface area (Å²) in [7, 11) is 0. The average molecular weight is 469 g/mol. The first-order valence-electron chi connectivity index (χ1n) is 11.6. The van der Waals surface area contributed by atoms with Crippen molar-refractivity contribution in [3.05, 3.63) is 71.8 Å². The fourth-order valence-electron chi connectivity index (χ4n) is 3.86. The third-order valence-electron chi connectivity index (χ3n) is 5.87. The number of hydrogen-bond acceptors (Lipinski definition) is 7. The molecule has 2 aromatic carbocycles.